The van der Waals surface area contributed by atoms with Crippen LogP contribution in [0.15, 0.2) is 522 Å². The smallest absolute Gasteiger partial charge is 0.0755 e. The van der Waals surface area contributed by atoms with Gasteiger partial charge in [0.1, 0.15) is 0 Å². The van der Waals surface area contributed by atoms with Crippen LogP contribution in [0.4, 0.5) is 34.1 Å². The zero-order valence-corrected chi connectivity index (χ0v) is 78.4. The highest BCUT2D eigenvalue weighted by Crippen LogP contribution is 2.68. The first-order valence-corrected chi connectivity index (χ1v) is 50.4. The molecule has 0 bridgehead atoms. The fourth-order valence-corrected chi connectivity index (χ4v) is 28.5. The maximum absolute atomic E-state index is 2.61. The summed E-state index contributed by atoms with van der Waals surface area (Å²) in [4.78, 5) is 5.21. The van der Waals surface area contributed by atoms with Crippen LogP contribution in [0, 0.1) is 0 Å². The Bertz CT molecular complexity index is 9980. The van der Waals surface area contributed by atoms with E-state index in [1.54, 1.807) is 0 Å². The molecule has 4 heteroatoms. The number of nitrogens with zero attached hydrogens (tertiary/aromatic N) is 4. The number of hydrogen-bond acceptors (Lipinski definition) is 2. The molecule has 32 rings (SSSR count). The number of aromatic nitrogens is 2. The summed E-state index contributed by atoms with van der Waals surface area (Å²) in [7, 11) is 0. The van der Waals surface area contributed by atoms with Gasteiger partial charge in [-0.25, -0.2) is 0 Å². The third-order valence-electron chi connectivity index (χ3n) is 33.8. The molecule has 2 unspecified atom stereocenters. The number of benzene rings is 24. The van der Waals surface area contributed by atoms with Crippen LogP contribution in [0.5, 0.6) is 0 Å². The Balaban J connectivity index is 0.600. The standard InChI is InChI=1S/C140H86N4/c1-3-35-88(36-4-1)137(114-54-17-9-41-101(114)102-42-10-18-55-115(102)137)90-74-78-92(79-75-90)141(131-71-33-62-122-133(131)110-47-13-21-58-118(110)139(122)120-60-23-27-68-129(120)143-127-66-25-15-45-106(127)108-52-30-64-124(139)135(108)143)94-82-84-99-97-39-7-8-40-98(97)112-85-87(73-83-100(112)113(99)86-94)95-49-29-51-105-96(95)50-32-70-126(105)142(93-80-76-91(77-81-93)138(89-37-5-2-6-38-89)116-56-19-11-43-103(116)104-44-12-20-57-117(104)138)132-72-34-63-123-134(132)111-48-14-22-59-119(111)140(123)121-61-24-28-69-130(121)144-128-67-26-16-46-107(128)109-53-31-65-125(140)136(109)144/h1-86H. The van der Waals surface area contributed by atoms with Crippen molar-refractivity contribution in [2.45, 2.75) is 21.7 Å². The summed E-state index contributed by atoms with van der Waals surface area (Å²) in [5, 5.41) is 14.5. The van der Waals surface area contributed by atoms with Gasteiger partial charge in [-0.15, -0.1) is 0 Å². The molecule has 0 N–H and O–H groups in total. The van der Waals surface area contributed by atoms with Gasteiger partial charge in [0.05, 0.1) is 72.2 Å². The third-order valence-corrected chi connectivity index (χ3v) is 33.8. The zero-order valence-electron chi connectivity index (χ0n) is 78.4. The lowest BCUT2D eigenvalue weighted by molar-refractivity contribution is 0.748. The van der Waals surface area contributed by atoms with Gasteiger partial charge >= 0.3 is 0 Å². The maximum Gasteiger partial charge on any atom is 0.0755 e. The highest BCUT2D eigenvalue weighted by molar-refractivity contribution is 6.27. The summed E-state index contributed by atoms with van der Waals surface area (Å²) in [6, 6.07) is 200. The lowest BCUT2D eigenvalue weighted by atomic mass is 9.65. The molecule has 2 spiro atoms. The molecule has 144 heavy (non-hydrogen) atoms. The maximum atomic E-state index is 2.61. The fraction of sp³-hybridized carbons (Fsp3) is 0.0286. The summed E-state index contributed by atoms with van der Waals surface area (Å²) in [6.45, 7) is 0. The Kier molecular flexibility index (Phi) is 16.3. The average molecular weight is 1820 g/mol. The van der Waals surface area contributed by atoms with Crippen molar-refractivity contribution in [2.24, 2.45) is 0 Å². The molecule has 0 saturated carbocycles. The molecule has 666 valence electrons. The Hall–Kier alpha value is -18.5. The minimum Gasteiger partial charge on any atom is -0.310 e. The summed E-state index contributed by atoms with van der Waals surface area (Å²) >= 11 is 0. The minimum absolute atomic E-state index is 0.602. The Morgan fingerprint density at radius 1 is 0.153 bits per heavy atom. The molecule has 26 aromatic rings. The average Bonchev–Trinajstić information content (AvgIpc) is 1.49. The number of hydrogen-bond donors (Lipinski definition) is 0. The van der Waals surface area contributed by atoms with Crippen LogP contribution in [0.25, 0.3) is 154 Å². The van der Waals surface area contributed by atoms with Gasteiger partial charge < -0.3 is 18.9 Å². The van der Waals surface area contributed by atoms with Crippen molar-refractivity contribution in [1.82, 2.24) is 9.13 Å². The molecule has 2 aromatic heterocycles. The molecule has 24 aromatic carbocycles. The zero-order chi connectivity index (χ0) is 94.0. The number of fused-ring (bicyclic) bond motifs is 37. The molecular formula is C140H86N4. The van der Waals surface area contributed by atoms with Gasteiger partial charge in [0.2, 0.25) is 0 Å². The monoisotopic (exact) mass is 1820 g/mol. The highest BCUT2D eigenvalue weighted by atomic mass is 15.2. The second-order valence-electron chi connectivity index (χ2n) is 40.0. The van der Waals surface area contributed by atoms with Crippen LogP contribution >= 0.6 is 0 Å². The predicted octanol–water partition coefficient (Wildman–Crippen LogP) is 35.2. The van der Waals surface area contributed by atoms with Gasteiger partial charge in [-0.05, 0) is 256 Å². The quantitative estimate of drug-likeness (QED) is 0.120. The Labute approximate surface area is 833 Å². The summed E-state index contributed by atoms with van der Waals surface area (Å²) in [6.07, 6.45) is 0. The summed E-state index contributed by atoms with van der Waals surface area (Å²) in [5.41, 5.74) is 43.7. The van der Waals surface area contributed by atoms with E-state index in [1.807, 2.05) is 0 Å². The van der Waals surface area contributed by atoms with Gasteiger partial charge in [0.25, 0.3) is 0 Å². The predicted molar refractivity (Wildman–Crippen MR) is 596 cm³/mol. The van der Waals surface area contributed by atoms with Crippen LogP contribution in [0.2, 0.25) is 0 Å². The van der Waals surface area contributed by atoms with Crippen LogP contribution in [-0.4, -0.2) is 9.13 Å². The van der Waals surface area contributed by atoms with Crippen molar-refractivity contribution >= 4 is 121 Å². The number of rotatable bonds is 11. The van der Waals surface area contributed by atoms with Crippen molar-refractivity contribution in [1.29, 1.82) is 0 Å². The van der Waals surface area contributed by atoms with E-state index in [9.17, 15) is 0 Å². The van der Waals surface area contributed by atoms with E-state index in [1.165, 1.54) is 221 Å². The van der Waals surface area contributed by atoms with Gasteiger partial charge in [-0.3, -0.25) is 0 Å². The second kappa shape index (κ2) is 29.6. The third kappa shape index (κ3) is 10.1. The molecule has 6 aliphatic rings. The van der Waals surface area contributed by atoms with Gasteiger partial charge in [0.15, 0.2) is 0 Å². The first-order chi connectivity index (χ1) is 71.5. The van der Waals surface area contributed by atoms with E-state index in [0.29, 0.717) is 0 Å². The van der Waals surface area contributed by atoms with E-state index in [-0.39, 0.29) is 0 Å². The molecule has 0 radical (unpaired) electrons. The van der Waals surface area contributed by atoms with Gasteiger partial charge in [0, 0.05) is 55.1 Å². The molecular weight excluding hydrogens is 1740 g/mol. The number of para-hydroxylation sites is 6. The summed E-state index contributed by atoms with van der Waals surface area (Å²) < 4.78 is 5.10. The van der Waals surface area contributed by atoms with E-state index in [2.05, 4.69) is 541 Å². The summed E-state index contributed by atoms with van der Waals surface area (Å²) in [5.74, 6) is 0. The normalized spacial score (nSPS) is 15.5. The second-order valence-corrected chi connectivity index (χ2v) is 40.0. The van der Waals surface area contributed by atoms with Crippen molar-refractivity contribution in [3.8, 4) is 67.0 Å². The van der Waals surface area contributed by atoms with Crippen molar-refractivity contribution in [2.75, 3.05) is 9.80 Å². The lowest BCUT2D eigenvalue weighted by Gasteiger charge is -2.39. The topological polar surface area (TPSA) is 16.3 Å². The Morgan fingerprint density at radius 3 is 0.958 bits per heavy atom. The van der Waals surface area contributed by atoms with Crippen molar-refractivity contribution in [3.05, 3.63) is 611 Å². The van der Waals surface area contributed by atoms with Gasteiger partial charge in [-0.1, -0.05) is 437 Å². The number of anilines is 6. The van der Waals surface area contributed by atoms with Crippen LogP contribution < -0.4 is 9.80 Å². The largest absolute Gasteiger partial charge is 0.310 e. The van der Waals surface area contributed by atoms with E-state index in [0.717, 1.165) is 56.0 Å². The van der Waals surface area contributed by atoms with E-state index < -0.39 is 21.7 Å². The van der Waals surface area contributed by atoms with Crippen LogP contribution in [0.3, 0.4) is 0 Å². The molecule has 4 aliphatic carbocycles. The Morgan fingerprint density at radius 2 is 0.458 bits per heavy atom. The van der Waals surface area contributed by atoms with Crippen LogP contribution in [-0.2, 0) is 21.7 Å². The van der Waals surface area contributed by atoms with E-state index >= 15 is 0 Å². The molecule has 4 nitrogen and oxygen atoms in total. The molecule has 0 fully saturated rings. The fourth-order valence-electron chi connectivity index (χ4n) is 28.5. The van der Waals surface area contributed by atoms with Crippen molar-refractivity contribution in [3.63, 3.8) is 0 Å². The molecule has 0 saturated heterocycles. The van der Waals surface area contributed by atoms with E-state index in [4.69, 9.17) is 0 Å². The molecule has 2 aliphatic heterocycles. The van der Waals surface area contributed by atoms with Gasteiger partial charge in [-0.2, -0.15) is 0 Å². The lowest BCUT2D eigenvalue weighted by Crippen LogP contribution is -2.33. The van der Waals surface area contributed by atoms with Crippen LogP contribution in [0.1, 0.15) is 89.0 Å². The molecule has 0 amide bonds. The minimum atomic E-state index is -0.693. The molecule has 2 atom stereocenters. The molecule has 4 heterocycles. The highest BCUT2D eigenvalue weighted by Gasteiger charge is 2.56. The first kappa shape index (κ1) is 79.4. The van der Waals surface area contributed by atoms with Crippen molar-refractivity contribution < 1.29 is 0 Å². The SMILES string of the molecule is c1ccc(C2(c3ccc(N(c4ccc5c6ccccc6c6cc(-c7cccc8c(N(c9ccc(C%10(c%11ccccc%11)c%11ccccc%11-c%11ccccc%11%10)cc9)c9cccc%10c9-c9ccccc9C%109c%10ccccc%10-n%10c%11ccccc%11c%11cccc9c%11%10)cccc78)ccc6c5c4)c4cccc5c4-c4ccccc4C54c5ccccc5-n5c6ccccc6c6cccc4c65)cc3)c3ccccc3-c3ccccc32)cc1. The first-order valence-electron chi connectivity index (χ1n) is 50.4.